The number of carboxylic acids is 1. The van der Waals surface area contributed by atoms with Crippen molar-refractivity contribution in [3.8, 4) is 44.7 Å². The number of carboxylic acid groups (broad SMARTS) is 1. The molecule has 1 N–H and O–H groups in total. The van der Waals surface area contributed by atoms with Crippen molar-refractivity contribution in [2.75, 3.05) is 20.8 Å². The fourth-order valence-corrected chi connectivity index (χ4v) is 4.79. The number of benzene rings is 3. The van der Waals surface area contributed by atoms with Crippen molar-refractivity contribution < 1.29 is 28.8 Å². The van der Waals surface area contributed by atoms with Crippen molar-refractivity contribution in [3.05, 3.63) is 76.3 Å². The van der Waals surface area contributed by atoms with Crippen molar-refractivity contribution in [2.45, 2.75) is 27.4 Å². The summed E-state index contributed by atoms with van der Waals surface area (Å²) in [5.74, 6) is 1.47. The lowest BCUT2D eigenvalue weighted by Crippen LogP contribution is -2.10. The van der Waals surface area contributed by atoms with Crippen LogP contribution in [0.3, 0.4) is 0 Å². The normalized spacial score (nSPS) is 10.3. The summed E-state index contributed by atoms with van der Waals surface area (Å²) in [5, 5.41) is 10.1. The third-order valence-electron chi connectivity index (χ3n) is 5.31. The van der Waals surface area contributed by atoms with Gasteiger partial charge in [-0.1, -0.05) is 25.4 Å². The van der Waals surface area contributed by atoms with Crippen LogP contribution in [0.25, 0.3) is 21.7 Å². The van der Waals surface area contributed by atoms with E-state index in [4.69, 9.17) is 40.6 Å². The fraction of sp³-hybridized carbons (Fsp3) is 0.241. The lowest BCUT2D eigenvalue weighted by atomic mass is 10.1. The Bertz CT molecular complexity index is 1370. The largest absolute Gasteiger partial charge is 0.497 e. The second-order valence-corrected chi connectivity index (χ2v) is 9.25. The third-order valence-corrected chi connectivity index (χ3v) is 6.68. The Morgan fingerprint density at radius 3 is 2.16 bits per heavy atom. The minimum Gasteiger partial charge on any atom is -0.497 e. The van der Waals surface area contributed by atoms with Crippen molar-refractivity contribution in [2.24, 2.45) is 0 Å². The van der Waals surface area contributed by atoms with Crippen molar-refractivity contribution in [1.29, 1.82) is 0 Å². The zero-order valence-electron chi connectivity index (χ0n) is 21.9. The quantitative estimate of drug-likeness (QED) is 0.216. The molecule has 0 saturated heterocycles. The predicted octanol–water partition coefficient (Wildman–Crippen LogP) is 7.52. The molecule has 1 aromatic heterocycles. The summed E-state index contributed by atoms with van der Waals surface area (Å²) < 4.78 is 21.9. The van der Waals surface area contributed by atoms with E-state index < -0.39 is 12.6 Å². The van der Waals surface area contributed by atoms with Crippen LogP contribution in [0.4, 0.5) is 0 Å². The van der Waals surface area contributed by atoms with Crippen LogP contribution >= 0.6 is 22.9 Å². The van der Waals surface area contributed by atoms with Crippen LogP contribution in [-0.4, -0.2) is 36.9 Å². The van der Waals surface area contributed by atoms with E-state index in [1.807, 2.05) is 63.2 Å². The average Bonchev–Trinajstić information content (AvgIpc) is 3.36. The topological polar surface area (TPSA) is 87.1 Å². The molecule has 3 aromatic carbocycles. The summed E-state index contributed by atoms with van der Waals surface area (Å²) >= 11 is 7.93. The molecule has 0 saturated carbocycles. The smallest absolute Gasteiger partial charge is 0.341 e. The van der Waals surface area contributed by atoms with E-state index in [-0.39, 0.29) is 6.61 Å². The predicted molar refractivity (Wildman–Crippen MR) is 151 cm³/mol. The molecule has 0 bridgehead atoms. The van der Waals surface area contributed by atoms with E-state index in [1.165, 1.54) is 11.3 Å². The molecule has 1 heterocycles. The van der Waals surface area contributed by atoms with Crippen LogP contribution < -0.4 is 18.9 Å². The van der Waals surface area contributed by atoms with E-state index >= 15 is 0 Å². The molecule has 0 fully saturated rings. The highest BCUT2D eigenvalue weighted by atomic mass is 35.5. The number of ether oxygens (including phenoxy) is 4. The molecule has 38 heavy (non-hydrogen) atoms. The van der Waals surface area contributed by atoms with Gasteiger partial charge in [-0.15, -0.1) is 11.3 Å². The van der Waals surface area contributed by atoms with Gasteiger partial charge in [-0.3, -0.25) is 0 Å². The molecule has 0 aliphatic heterocycles. The highest BCUT2D eigenvalue weighted by Gasteiger charge is 2.17. The Morgan fingerprint density at radius 2 is 1.55 bits per heavy atom. The molecule has 4 rings (SSSR count). The molecule has 0 amide bonds. The number of aliphatic carboxylic acids is 1. The second-order valence-electron chi connectivity index (χ2n) is 7.76. The number of carbonyl (C=O) groups is 1. The monoisotopic (exact) mass is 555 g/mol. The fourth-order valence-electron chi connectivity index (χ4n) is 3.53. The maximum atomic E-state index is 10.8. The summed E-state index contributed by atoms with van der Waals surface area (Å²) in [6.45, 7) is 5.69. The SMILES string of the molecule is CC.COc1ccc(-c2nc(COc3ccc(OCC(=O)O)c(C)c3)sc2-c2ccc(OC)c(Cl)c2)cc1. The van der Waals surface area contributed by atoms with Crippen LogP contribution in [0.5, 0.6) is 23.0 Å². The van der Waals surface area contributed by atoms with Crippen molar-refractivity contribution in [3.63, 3.8) is 0 Å². The van der Waals surface area contributed by atoms with Crippen molar-refractivity contribution in [1.82, 2.24) is 4.98 Å². The van der Waals surface area contributed by atoms with Gasteiger partial charge in [0.2, 0.25) is 0 Å². The van der Waals surface area contributed by atoms with E-state index in [1.54, 1.807) is 32.4 Å². The summed E-state index contributed by atoms with van der Waals surface area (Å²) in [7, 11) is 3.21. The number of aromatic nitrogens is 1. The molecule has 4 aromatic rings. The third kappa shape index (κ3) is 7.18. The highest BCUT2D eigenvalue weighted by molar-refractivity contribution is 7.15. The van der Waals surface area contributed by atoms with Crippen molar-refractivity contribution >= 4 is 28.9 Å². The molecule has 0 unspecified atom stereocenters. The van der Waals surface area contributed by atoms with Gasteiger partial charge in [-0.25, -0.2) is 9.78 Å². The number of aryl methyl sites for hydroxylation is 1. The maximum Gasteiger partial charge on any atom is 0.341 e. The Labute approximate surface area is 231 Å². The van der Waals surface area contributed by atoms with E-state index in [2.05, 4.69) is 0 Å². The molecule has 0 aliphatic carbocycles. The zero-order valence-corrected chi connectivity index (χ0v) is 23.5. The van der Waals surface area contributed by atoms with E-state index in [9.17, 15) is 4.79 Å². The van der Waals surface area contributed by atoms with Gasteiger partial charge in [0.25, 0.3) is 0 Å². The Kier molecular flexibility index (Phi) is 10.4. The summed E-state index contributed by atoms with van der Waals surface area (Å²) in [4.78, 5) is 16.6. The molecule has 7 nitrogen and oxygen atoms in total. The number of hydrogen-bond acceptors (Lipinski definition) is 7. The van der Waals surface area contributed by atoms with Crippen LogP contribution in [0.15, 0.2) is 60.7 Å². The Hall–Kier alpha value is -3.75. The molecular formula is C29H30ClNO6S. The van der Waals surface area contributed by atoms with Crippen LogP contribution in [0.1, 0.15) is 24.4 Å². The molecule has 0 spiro atoms. The second kappa shape index (κ2) is 13.7. The first-order valence-corrected chi connectivity index (χ1v) is 13.1. The van der Waals surface area contributed by atoms with Gasteiger partial charge in [0.05, 0.1) is 29.8 Å². The lowest BCUT2D eigenvalue weighted by Gasteiger charge is -2.09. The Morgan fingerprint density at radius 1 is 0.895 bits per heavy atom. The zero-order chi connectivity index (χ0) is 27.7. The maximum absolute atomic E-state index is 10.8. The van der Waals surface area contributed by atoms with Gasteiger partial charge in [0.15, 0.2) is 6.61 Å². The molecule has 200 valence electrons. The van der Waals surface area contributed by atoms with Gasteiger partial charge >= 0.3 is 5.97 Å². The first-order valence-electron chi connectivity index (χ1n) is 11.9. The number of rotatable bonds is 10. The standard InChI is InChI=1S/C27H24ClNO6S.C2H6/c1-16-12-20(9-11-22(16)35-15-25(30)31)34-14-24-29-26(17-4-7-19(32-2)8-5-17)27(36-24)18-6-10-23(33-3)21(28)13-18;1-2/h4-13H,14-15H2,1-3H3,(H,30,31);1-2H3. The average molecular weight is 556 g/mol. The van der Waals surface area contributed by atoms with Gasteiger partial charge < -0.3 is 24.1 Å². The molecule has 0 aliphatic rings. The lowest BCUT2D eigenvalue weighted by molar-refractivity contribution is -0.139. The number of methoxy groups -OCH3 is 2. The van der Waals surface area contributed by atoms with Gasteiger partial charge in [0.1, 0.15) is 34.6 Å². The number of thiazole rings is 1. The minimum atomic E-state index is -1.03. The van der Waals surface area contributed by atoms with E-state index in [0.29, 0.717) is 22.3 Å². The Balaban J connectivity index is 0.00000195. The van der Waals surface area contributed by atoms with Gasteiger partial charge in [0, 0.05) is 5.56 Å². The molecule has 9 heteroatoms. The number of nitrogens with zero attached hydrogens (tertiary/aromatic N) is 1. The van der Waals surface area contributed by atoms with Gasteiger partial charge in [-0.05, 0) is 78.7 Å². The summed E-state index contributed by atoms with van der Waals surface area (Å²) in [6, 6.07) is 18.6. The first-order chi connectivity index (χ1) is 18.4. The summed E-state index contributed by atoms with van der Waals surface area (Å²) in [5.41, 5.74) is 3.46. The van der Waals surface area contributed by atoms with Crippen LogP contribution in [0, 0.1) is 6.92 Å². The van der Waals surface area contributed by atoms with Crippen LogP contribution in [0.2, 0.25) is 5.02 Å². The van der Waals surface area contributed by atoms with E-state index in [0.717, 1.165) is 38.0 Å². The number of hydrogen-bond donors (Lipinski definition) is 1. The number of halogens is 1. The minimum absolute atomic E-state index is 0.256. The summed E-state index contributed by atoms with van der Waals surface area (Å²) in [6.07, 6.45) is 0. The molecule has 0 radical (unpaired) electrons. The van der Waals surface area contributed by atoms with Gasteiger partial charge in [-0.2, -0.15) is 0 Å². The first kappa shape index (κ1) is 28.8. The molecule has 0 atom stereocenters. The highest BCUT2D eigenvalue weighted by Crippen LogP contribution is 2.40. The molecular weight excluding hydrogens is 526 g/mol. The van der Waals surface area contributed by atoms with Crippen LogP contribution in [-0.2, 0) is 11.4 Å².